The molecule has 0 spiro atoms. The quantitative estimate of drug-likeness (QED) is 0.850. The molecule has 72 valence electrons. The van der Waals surface area contributed by atoms with Crippen LogP contribution in [-0.4, -0.2) is 17.8 Å². The third kappa shape index (κ3) is 3.43. The van der Waals surface area contributed by atoms with E-state index in [0.717, 1.165) is 0 Å². The van der Waals surface area contributed by atoms with Crippen LogP contribution in [-0.2, 0) is 0 Å². The molecule has 0 aromatic heterocycles. The Bertz CT molecular complexity index is 287. The summed E-state index contributed by atoms with van der Waals surface area (Å²) in [6.45, 7) is 1.90. The van der Waals surface area contributed by atoms with Crippen LogP contribution in [0.5, 0.6) is 5.75 Å². The molecule has 1 rings (SSSR count). The smallest absolute Gasteiger partial charge is 0.121 e. The van der Waals surface area contributed by atoms with Crippen molar-refractivity contribution in [1.82, 2.24) is 0 Å². The van der Waals surface area contributed by atoms with Gasteiger partial charge in [-0.05, 0) is 19.1 Å². The first-order valence-electron chi connectivity index (χ1n) is 3.85. The number of hydrogen-bond acceptors (Lipinski definition) is 2. The largest absolute Gasteiger partial charge is 0.491 e. The van der Waals surface area contributed by atoms with Gasteiger partial charge in [0.25, 0.3) is 0 Å². The standard InChI is InChI=1S/C9H10Cl2O2/c1-6(12)5-13-7-2-3-8(10)9(11)4-7/h2-4,6,12H,5H2,1H3/t6-/m0/s1. The third-order valence-electron chi connectivity index (χ3n) is 1.38. The second kappa shape index (κ2) is 4.70. The summed E-state index contributed by atoms with van der Waals surface area (Å²) < 4.78 is 5.21. The average Bonchev–Trinajstić information content (AvgIpc) is 2.07. The van der Waals surface area contributed by atoms with E-state index in [-0.39, 0.29) is 6.61 Å². The highest BCUT2D eigenvalue weighted by Crippen LogP contribution is 2.26. The number of ether oxygens (including phenoxy) is 1. The third-order valence-corrected chi connectivity index (χ3v) is 2.12. The molecule has 0 aliphatic heterocycles. The van der Waals surface area contributed by atoms with E-state index in [1.165, 1.54) is 0 Å². The van der Waals surface area contributed by atoms with Gasteiger partial charge in [-0.1, -0.05) is 23.2 Å². The molecular weight excluding hydrogens is 211 g/mol. The molecule has 0 fully saturated rings. The Morgan fingerprint density at radius 2 is 2.08 bits per heavy atom. The van der Waals surface area contributed by atoms with Crippen LogP contribution < -0.4 is 4.74 Å². The summed E-state index contributed by atoms with van der Waals surface area (Å²) in [5.74, 6) is 0.607. The normalized spacial score (nSPS) is 12.6. The Kier molecular flexibility index (Phi) is 3.85. The highest BCUT2D eigenvalue weighted by molar-refractivity contribution is 6.42. The molecule has 0 saturated carbocycles. The van der Waals surface area contributed by atoms with Crippen LogP contribution in [0.15, 0.2) is 18.2 Å². The van der Waals surface area contributed by atoms with E-state index in [4.69, 9.17) is 33.0 Å². The van der Waals surface area contributed by atoms with E-state index >= 15 is 0 Å². The molecule has 0 aliphatic rings. The van der Waals surface area contributed by atoms with Crippen LogP contribution in [0, 0.1) is 0 Å². The second-order valence-electron chi connectivity index (χ2n) is 2.74. The van der Waals surface area contributed by atoms with Crippen molar-refractivity contribution in [3.63, 3.8) is 0 Å². The molecule has 4 heteroatoms. The van der Waals surface area contributed by atoms with Crippen molar-refractivity contribution in [1.29, 1.82) is 0 Å². The molecule has 0 unspecified atom stereocenters. The van der Waals surface area contributed by atoms with Crippen LogP contribution in [0.1, 0.15) is 6.92 Å². The number of hydrogen-bond donors (Lipinski definition) is 1. The van der Waals surface area contributed by atoms with Gasteiger partial charge >= 0.3 is 0 Å². The maximum atomic E-state index is 8.95. The monoisotopic (exact) mass is 220 g/mol. The van der Waals surface area contributed by atoms with Crippen molar-refractivity contribution in [2.75, 3.05) is 6.61 Å². The lowest BCUT2D eigenvalue weighted by Gasteiger charge is -2.08. The highest BCUT2D eigenvalue weighted by atomic mass is 35.5. The van der Waals surface area contributed by atoms with E-state index in [0.29, 0.717) is 15.8 Å². The zero-order valence-electron chi connectivity index (χ0n) is 7.13. The summed E-state index contributed by atoms with van der Waals surface area (Å²) in [4.78, 5) is 0. The van der Waals surface area contributed by atoms with E-state index in [1.54, 1.807) is 25.1 Å². The number of aliphatic hydroxyl groups is 1. The van der Waals surface area contributed by atoms with Gasteiger partial charge in [0, 0.05) is 6.07 Å². The first-order valence-corrected chi connectivity index (χ1v) is 4.61. The van der Waals surface area contributed by atoms with Crippen molar-refractivity contribution in [2.45, 2.75) is 13.0 Å². The molecule has 1 N–H and O–H groups in total. The first kappa shape index (κ1) is 10.6. The highest BCUT2D eigenvalue weighted by Gasteiger charge is 2.01. The summed E-state index contributed by atoms with van der Waals surface area (Å²) in [5.41, 5.74) is 0. The molecule has 13 heavy (non-hydrogen) atoms. The zero-order chi connectivity index (χ0) is 9.84. The summed E-state index contributed by atoms with van der Waals surface area (Å²) in [6, 6.07) is 4.98. The topological polar surface area (TPSA) is 29.5 Å². The molecular formula is C9H10Cl2O2. The molecule has 2 nitrogen and oxygen atoms in total. The molecule has 0 heterocycles. The first-order chi connectivity index (χ1) is 6.09. The Hall–Kier alpha value is -0.440. The Morgan fingerprint density at radius 3 is 2.62 bits per heavy atom. The minimum Gasteiger partial charge on any atom is -0.491 e. The maximum Gasteiger partial charge on any atom is 0.121 e. The van der Waals surface area contributed by atoms with Gasteiger partial charge in [-0.3, -0.25) is 0 Å². The van der Waals surface area contributed by atoms with E-state index < -0.39 is 6.10 Å². The SMILES string of the molecule is C[C@H](O)COc1ccc(Cl)c(Cl)c1. The Labute approximate surface area is 87.0 Å². The van der Waals surface area contributed by atoms with E-state index in [2.05, 4.69) is 0 Å². The van der Waals surface area contributed by atoms with Crippen molar-refractivity contribution in [3.8, 4) is 5.75 Å². The number of aliphatic hydroxyl groups excluding tert-OH is 1. The minimum atomic E-state index is -0.491. The Morgan fingerprint density at radius 1 is 1.38 bits per heavy atom. The van der Waals surface area contributed by atoms with Gasteiger partial charge in [-0.2, -0.15) is 0 Å². The van der Waals surface area contributed by atoms with Gasteiger partial charge in [0.1, 0.15) is 12.4 Å². The van der Waals surface area contributed by atoms with Crippen LogP contribution in [0.2, 0.25) is 10.0 Å². The molecule has 1 aromatic carbocycles. The molecule has 1 atom stereocenters. The number of rotatable bonds is 3. The fourth-order valence-corrected chi connectivity index (χ4v) is 1.07. The van der Waals surface area contributed by atoms with Gasteiger partial charge in [-0.25, -0.2) is 0 Å². The fraction of sp³-hybridized carbons (Fsp3) is 0.333. The van der Waals surface area contributed by atoms with Gasteiger partial charge in [0.15, 0.2) is 0 Å². The molecule has 0 saturated heterocycles. The zero-order valence-corrected chi connectivity index (χ0v) is 8.64. The van der Waals surface area contributed by atoms with Crippen molar-refractivity contribution < 1.29 is 9.84 Å². The molecule has 0 bridgehead atoms. The predicted octanol–water partition coefficient (Wildman–Crippen LogP) is 2.75. The van der Waals surface area contributed by atoms with Gasteiger partial charge in [-0.15, -0.1) is 0 Å². The van der Waals surface area contributed by atoms with Crippen LogP contribution in [0.4, 0.5) is 0 Å². The lowest BCUT2D eigenvalue weighted by Crippen LogP contribution is -2.12. The van der Waals surface area contributed by atoms with Crippen molar-refractivity contribution in [3.05, 3.63) is 28.2 Å². The maximum absolute atomic E-state index is 8.95. The molecule has 0 aliphatic carbocycles. The number of benzene rings is 1. The van der Waals surface area contributed by atoms with Gasteiger partial charge in [0.05, 0.1) is 16.1 Å². The second-order valence-corrected chi connectivity index (χ2v) is 3.55. The van der Waals surface area contributed by atoms with E-state index in [1.807, 2.05) is 0 Å². The molecule has 0 radical (unpaired) electrons. The summed E-state index contributed by atoms with van der Waals surface area (Å²) in [6.07, 6.45) is -0.491. The van der Waals surface area contributed by atoms with Gasteiger partial charge < -0.3 is 9.84 Å². The van der Waals surface area contributed by atoms with Crippen molar-refractivity contribution in [2.24, 2.45) is 0 Å². The summed E-state index contributed by atoms with van der Waals surface area (Å²) >= 11 is 11.5. The minimum absolute atomic E-state index is 0.248. The average molecular weight is 221 g/mol. The van der Waals surface area contributed by atoms with E-state index in [9.17, 15) is 0 Å². The van der Waals surface area contributed by atoms with Gasteiger partial charge in [0.2, 0.25) is 0 Å². The molecule has 0 amide bonds. The summed E-state index contributed by atoms with van der Waals surface area (Å²) in [5, 5.41) is 9.89. The lowest BCUT2D eigenvalue weighted by atomic mass is 10.3. The molecule has 1 aromatic rings. The predicted molar refractivity (Wildman–Crippen MR) is 53.6 cm³/mol. The van der Waals surface area contributed by atoms with Crippen LogP contribution >= 0.6 is 23.2 Å². The number of halogens is 2. The lowest BCUT2D eigenvalue weighted by molar-refractivity contribution is 0.123. The van der Waals surface area contributed by atoms with Crippen LogP contribution in [0.3, 0.4) is 0 Å². The fourth-order valence-electron chi connectivity index (χ4n) is 0.783. The Balaban J connectivity index is 2.63. The van der Waals surface area contributed by atoms with Crippen LogP contribution in [0.25, 0.3) is 0 Å². The van der Waals surface area contributed by atoms with Crippen molar-refractivity contribution >= 4 is 23.2 Å². The summed E-state index contributed by atoms with van der Waals surface area (Å²) in [7, 11) is 0.